The van der Waals surface area contributed by atoms with E-state index in [-0.39, 0.29) is 10.9 Å². The Balaban J connectivity index is 3.91. The maximum absolute atomic E-state index is 11.3. The second-order valence-corrected chi connectivity index (χ2v) is 4.79. The Morgan fingerprint density at radius 2 is 1.92 bits per heavy atom. The van der Waals surface area contributed by atoms with Gasteiger partial charge in [-0.3, -0.25) is 9.59 Å². The maximum Gasteiger partial charge on any atom is 0.321 e. The van der Waals surface area contributed by atoms with Crippen molar-refractivity contribution >= 4 is 22.8 Å². The lowest BCUT2D eigenvalue weighted by Gasteiger charge is -2.16. The van der Waals surface area contributed by atoms with Crippen molar-refractivity contribution in [1.29, 1.82) is 0 Å². The van der Waals surface area contributed by atoms with Gasteiger partial charge < -0.3 is 10.8 Å². The Hall–Kier alpha value is -0.550. The molecule has 0 radical (unpaired) electrons. The SMILES string of the molecule is CC(C)(C)C(=O)SC[C@H](N)C(=O)O. The van der Waals surface area contributed by atoms with Crippen LogP contribution in [0.4, 0.5) is 0 Å². The van der Waals surface area contributed by atoms with E-state index in [1.165, 1.54) is 0 Å². The fourth-order valence-electron chi connectivity index (χ4n) is 0.453. The van der Waals surface area contributed by atoms with Crippen LogP contribution < -0.4 is 5.73 Å². The average Bonchev–Trinajstić information content (AvgIpc) is 1.97. The minimum Gasteiger partial charge on any atom is -0.480 e. The second kappa shape index (κ2) is 4.62. The Kier molecular flexibility index (Phi) is 4.43. The highest BCUT2D eigenvalue weighted by molar-refractivity contribution is 8.13. The summed E-state index contributed by atoms with van der Waals surface area (Å²) in [4.78, 5) is 21.6. The first-order valence-electron chi connectivity index (χ1n) is 3.90. The summed E-state index contributed by atoms with van der Waals surface area (Å²) in [5.41, 5.74) is 4.79. The van der Waals surface area contributed by atoms with Gasteiger partial charge in [-0.05, 0) is 0 Å². The van der Waals surface area contributed by atoms with Crippen LogP contribution in [0.5, 0.6) is 0 Å². The summed E-state index contributed by atoms with van der Waals surface area (Å²) >= 11 is 0.975. The molecule has 5 heteroatoms. The fourth-order valence-corrected chi connectivity index (χ4v) is 1.36. The van der Waals surface area contributed by atoms with Gasteiger partial charge in [-0.15, -0.1) is 0 Å². The van der Waals surface area contributed by atoms with E-state index in [0.717, 1.165) is 11.8 Å². The van der Waals surface area contributed by atoms with E-state index >= 15 is 0 Å². The molecule has 0 aromatic carbocycles. The molecule has 0 aromatic rings. The first-order valence-corrected chi connectivity index (χ1v) is 4.89. The zero-order valence-corrected chi connectivity index (χ0v) is 8.85. The van der Waals surface area contributed by atoms with Gasteiger partial charge in [-0.25, -0.2) is 0 Å². The number of hydrogen-bond donors (Lipinski definition) is 2. The predicted molar refractivity (Wildman–Crippen MR) is 52.5 cm³/mol. The molecule has 4 nitrogen and oxygen atoms in total. The minimum absolute atomic E-state index is 0.0378. The van der Waals surface area contributed by atoms with Crippen molar-refractivity contribution in [3.8, 4) is 0 Å². The Bertz CT molecular complexity index is 210. The molecule has 0 aromatic heterocycles. The van der Waals surface area contributed by atoms with Crippen molar-refractivity contribution in [2.45, 2.75) is 26.8 Å². The van der Waals surface area contributed by atoms with E-state index in [1.54, 1.807) is 20.8 Å². The summed E-state index contributed by atoms with van der Waals surface area (Å²) in [6, 6.07) is -0.962. The minimum atomic E-state index is -1.07. The number of carboxylic acid groups (broad SMARTS) is 1. The third-order valence-corrected chi connectivity index (χ3v) is 2.72. The summed E-state index contributed by atoms with van der Waals surface area (Å²) in [5, 5.41) is 8.41. The number of aliphatic carboxylic acids is 1. The van der Waals surface area contributed by atoms with Crippen LogP contribution in [0.3, 0.4) is 0 Å². The topological polar surface area (TPSA) is 80.4 Å². The van der Waals surface area contributed by atoms with E-state index in [0.29, 0.717) is 0 Å². The van der Waals surface area contributed by atoms with E-state index in [2.05, 4.69) is 0 Å². The van der Waals surface area contributed by atoms with Crippen molar-refractivity contribution in [1.82, 2.24) is 0 Å². The molecule has 13 heavy (non-hydrogen) atoms. The van der Waals surface area contributed by atoms with E-state index < -0.39 is 17.4 Å². The Labute approximate surface area is 81.9 Å². The fraction of sp³-hybridized carbons (Fsp3) is 0.750. The number of hydrogen-bond acceptors (Lipinski definition) is 4. The van der Waals surface area contributed by atoms with Crippen molar-refractivity contribution in [2.24, 2.45) is 11.1 Å². The zero-order valence-electron chi connectivity index (χ0n) is 8.03. The number of carbonyl (C=O) groups is 2. The zero-order chi connectivity index (χ0) is 10.6. The van der Waals surface area contributed by atoms with Gasteiger partial charge in [-0.2, -0.15) is 0 Å². The summed E-state index contributed by atoms with van der Waals surface area (Å²) < 4.78 is 0. The maximum atomic E-state index is 11.3. The molecule has 3 N–H and O–H groups in total. The molecular formula is C8H15NO3S. The van der Waals surface area contributed by atoms with Crippen molar-refractivity contribution in [3.63, 3.8) is 0 Å². The van der Waals surface area contributed by atoms with Crippen molar-refractivity contribution in [3.05, 3.63) is 0 Å². The van der Waals surface area contributed by atoms with E-state index in [9.17, 15) is 9.59 Å². The molecule has 0 heterocycles. The summed E-state index contributed by atoms with van der Waals surface area (Å²) in [6.45, 7) is 5.36. The van der Waals surface area contributed by atoms with Gasteiger partial charge in [0.1, 0.15) is 6.04 Å². The van der Waals surface area contributed by atoms with Crippen LogP contribution in [-0.4, -0.2) is 28.0 Å². The third kappa shape index (κ3) is 4.90. The molecule has 76 valence electrons. The highest BCUT2D eigenvalue weighted by atomic mass is 32.2. The highest BCUT2D eigenvalue weighted by Crippen LogP contribution is 2.22. The molecule has 0 fully saturated rings. The van der Waals surface area contributed by atoms with E-state index in [4.69, 9.17) is 10.8 Å². The molecule has 0 rings (SSSR count). The lowest BCUT2D eigenvalue weighted by Crippen LogP contribution is -2.33. The van der Waals surface area contributed by atoms with Gasteiger partial charge in [0, 0.05) is 11.2 Å². The Morgan fingerprint density at radius 3 is 2.23 bits per heavy atom. The second-order valence-electron chi connectivity index (χ2n) is 3.79. The van der Waals surface area contributed by atoms with Gasteiger partial charge in [-0.1, -0.05) is 32.5 Å². The smallest absolute Gasteiger partial charge is 0.321 e. The molecule has 0 amide bonds. The molecule has 0 bridgehead atoms. The molecule has 0 spiro atoms. The van der Waals surface area contributed by atoms with Gasteiger partial charge in [0.25, 0.3) is 0 Å². The van der Waals surface area contributed by atoms with Crippen molar-refractivity contribution in [2.75, 3.05) is 5.75 Å². The molecule has 0 unspecified atom stereocenters. The van der Waals surface area contributed by atoms with Crippen LogP contribution in [0, 0.1) is 5.41 Å². The lowest BCUT2D eigenvalue weighted by molar-refractivity contribution is -0.137. The largest absolute Gasteiger partial charge is 0.480 e. The summed E-state index contributed by atoms with van der Waals surface area (Å²) in [7, 11) is 0. The molecule has 0 saturated carbocycles. The van der Waals surface area contributed by atoms with Crippen LogP contribution in [0.25, 0.3) is 0 Å². The number of carboxylic acids is 1. The Morgan fingerprint density at radius 1 is 1.46 bits per heavy atom. The summed E-state index contributed by atoms with van der Waals surface area (Å²) in [5.74, 6) is -0.944. The molecule has 0 aliphatic carbocycles. The van der Waals surface area contributed by atoms with Gasteiger partial charge in [0.2, 0.25) is 0 Å². The van der Waals surface area contributed by atoms with Crippen LogP contribution in [-0.2, 0) is 9.59 Å². The first-order chi connectivity index (χ1) is 5.75. The van der Waals surface area contributed by atoms with Gasteiger partial charge in [0.05, 0.1) is 0 Å². The van der Waals surface area contributed by atoms with Crippen LogP contribution >= 0.6 is 11.8 Å². The molecule has 0 aliphatic rings. The van der Waals surface area contributed by atoms with Gasteiger partial charge in [0.15, 0.2) is 5.12 Å². The molecule has 0 aliphatic heterocycles. The molecule has 1 atom stereocenters. The average molecular weight is 205 g/mol. The first kappa shape index (κ1) is 12.4. The highest BCUT2D eigenvalue weighted by Gasteiger charge is 2.23. The standard InChI is InChI=1S/C8H15NO3S/c1-8(2,3)7(12)13-4-5(9)6(10)11/h5H,4,9H2,1-3H3,(H,10,11)/t5-/m0/s1. The number of rotatable bonds is 3. The van der Waals surface area contributed by atoms with Crippen LogP contribution in [0.15, 0.2) is 0 Å². The number of nitrogens with two attached hydrogens (primary N) is 1. The van der Waals surface area contributed by atoms with Crippen LogP contribution in [0.2, 0.25) is 0 Å². The monoisotopic (exact) mass is 205 g/mol. The number of thioether (sulfide) groups is 1. The van der Waals surface area contributed by atoms with Crippen LogP contribution in [0.1, 0.15) is 20.8 Å². The third-order valence-electron chi connectivity index (χ3n) is 1.32. The summed E-state index contributed by atoms with van der Waals surface area (Å²) in [6.07, 6.45) is 0. The molecule has 0 saturated heterocycles. The number of carbonyl (C=O) groups excluding carboxylic acids is 1. The van der Waals surface area contributed by atoms with E-state index in [1.807, 2.05) is 0 Å². The van der Waals surface area contributed by atoms with Crippen molar-refractivity contribution < 1.29 is 14.7 Å². The predicted octanol–water partition coefficient (Wildman–Crippen LogP) is 0.704. The molecular weight excluding hydrogens is 190 g/mol. The van der Waals surface area contributed by atoms with Gasteiger partial charge >= 0.3 is 5.97 Å². The lowest BCUT2D eigenvalue weighted by atomic mass is 10.00. The quantitative estimate of drug-likeness (QED) is 0.709. The normalized spacial score (nSPS) is 13.8.